The Labute approximate surface area is 114 Å². The number of nitrogens with zero attached hydrogens (tertiary/aromatic N) is 4. The number of nitrogens with two attached hydrogens (primary N) is 1. The Bertz CT molecular complexity index is 734. The Morgan fingerprint density at radius 1 is 1.05 bits per heavy atom. The van der Waals surface area contributed by atoms with Crippen LogP contribution in [-0.4, -0.2) is 25.8 Å². The average Bonchev–Trinajstić information content (AvgIpc) is 2.97. The molecule has 0 fully saturated rings. The molecule has 0 unspecified atom stereocenters. The predicted molar refractivity (Wildman–Crippen MR) is 73.4 cm³/mol. The van der Waals surface area contributed by atoms with E-state index in [0.717, 1.165) is 5.69 Å². The summed E-state index contributed by atoms with van der Waals surface area (Å²) in [7, 11) is 0. The zero-order valence-corrected chi connectivity index (χ0v) is 10.5. The summed E-state index contributed by atoms with van der Waals surface area (Å²) in [5.41, 5.74) is 7.50. The Balaban J connectivity index is 2.02. The molecule has 0 aliphatic rings. The first-order valence-corrected chi connectivity index (χ1v) is 5.98. The maximum Gasteiger partial charge on any atom is 0.231 e. The minimum atomic E-state index is -0.251. The number of para-hydroxylation sites is 1. The van der Waals surface area contributed by atoms with Crippen LogP contribution >= 0.6 is 0 Å². The van der Waals surface area contributed by atoms with Gasteiger partial charge in [0, 0.05) is 0 Å². The predicted octanol–water partition coefficient (Wildman–Crippen LogP) is 1.48. The molecule has 6 heteroatoms. The van der Waals surface area contributed by atoms with Crippen molar-refractivity contribution in [3.05, 3.63) is 66.2 Å². The van der Waals surface area contributed by atoms with E-state index in [1.165, 1.54) is 17.1 Å². The summed E-state index contributed by atoms with van der Waals surface area (Å²) in [5.74, 6) is -0.251. The number of anilines is 1. The second-order valence-electron chi connectivity index (χ2n) is 4.17. The number of carbonyl (C=O) groups excluding carboxylic acids is 1. The van der Waals surface area contributed by atoms with E-state index in [4.69, 9.17) is 5.73 Å². The number of rotatable bonds is 3. The molecule has 0 saturated carbocycles. The molecule has 0 aliphatic heterocycles. The van der Waals surface area contributed by atoms with Crippen LogP contribution in [0.5, 0.6) is 0 Å². The average molecular weight is 265 g/mol. The molecule has 0 saturated heterocycles. The number of aromatic nitrogens is 4. The molecule has 3 aromatic rings. The number of benzene rings is 1. The van der Waals surface area contributed by atoms with Crippen LogP contribution in [0.3, 0.4) is 0 Å². The van der Waals surface area contributed by atoms with E-state index >= 15 is 0 Å². The highest BCUT2D eigenvalue weighted by Crippen LogP contribution is 2.13. The molecule has 0 atom stereocenters. The van der Waals surface area contributed by atoms with Gasteiger partial charge in [0.15, 0.2) is 0 Å². The first kappa shape index (κ1) is 12.0. The number of pyridine rings is 1. The lowest BCUT2D eigenvalue weighted by molar-refractivity contribution is 0.102. The van der Waals surface area contributed by atoms with Gasteiger partial charge in [-0.15, -0.1) is 5.10 Å². The van der Waals surface area contributed by atoms with Gasteiger partial charge < -0.3 is 5.73 Å². The van der Waals surface area contributed by atoms with Crippen molar-refractivity contribution in [2.75, 3.05) is 5.73 Å². The van der Waals surface area contributed by atoms with Crippen molar-refractivity contribution >= 4 is 11.5 Å². The smallest absolute Gasteiger partial charge is 0.231 e. The van der Waals surface area contributed by atoms with Gasteiger partial charge in [-0.05, 0) is 24.3 Å². The van der Waals surface area contributed by atoms with Crippen LogP contribution < -0.4 is 5.73 Å². The molecule has 0 amide bonds. The van der Waals surface area contributed by atoms with Crippen LogP contribution in [0.1, 0.15) is 16.2 Å². The van der Waals surface area contributed by atoms with Gasteiger partial charge >= 0.3 is 0 Å². The van der Waals surface area contributed by atoms with Gasteiger partial charge in [0.2, 0.25) is 5.78 Å². The Kier molecular flexibility index (Phi) is 2.96. The van der Waals surface area contributed by atoms with Crippen LogP contribution in [0.2, 0.25) is 0 Å². The molecular weight excluding hydrogens is 254 g/mol. The van der Waals surface area contributed by atoms with E-state index in [0.29, 0.717) is 17.1 Å². The minimum absolute atomic E-state index is 0.251. The molecule has 3 rings (SSSR count). The van der Waals surface area contributed by atoms with E-state index in [1.807, 2.05) is 30.3 Å². The topological polar surface area (TPSA) is 86.7 Å². The monoisotopic (exact) mass is 265 g/mol. The molecule has 2 aromatic heterocycles. The molecule has 20 heavy (non-hydrogen) atoms. The largest absolute Gasteiger partial charge is 0.397 e. The first-order chi connectivity index (χ1) is 9.75. The first-order valence-electron chi connectivity index (χ1n) is 5.98. The zero-order valence-electron chi connectivity index (χ0n) is 10.5. The molecule has 0 radical (unpaired) electrons. The number of carbonyl (C=O) groups is 1. The maximum atomic E-state index is 12.4. The summed E-state index contributed by atoms with van der Waals surface area (Å²) in [6, 6.07) is 12.5. The van der Waals surface area contributed by atoms with E-state index in [-0.39, 0.29) is 5.78 Å². The highest BCUT2D eigenvalue weighted by molar-refractivity contribution is 6.06. The van der Waals surface area contributed by atoms with Crippen LogP contribution in [0.15, 0.2) is 54.9 Å². The highest BCUT2D eigenvalue weighted by atomic mass is 16.1. The van der Waals surface area contributed by atoms with Gasteiger partial charge in [-0.1, -0.05) is 23.4 Å². The van der Waals surface area contributed by atoms with Crippen LogP contribution in [0.25, 0.3) is 5.69 Å². The van der Waals surface area contributed by atoms with Gasteiger partial charge in [-0.2, -0.15) is 0 Å². The fourth-order valence-corrected chi connectivity index (χ4v) is 1.82. The van der Waals surface area contributed by atoms with E-state index in [1.54, 1.807) is 12.1 Å². The Morgan fingerprint density at radius 3 is 2.55 bits per heavy atom. The molecule has 0 bridgehead atoms. The van der Waals surface area contributed by atoms with Crippen LogP contribution in [-0.2, 0) is 0 Å². The van der Waals surface area contributed by atoms with Crippen molar-refractivity contribution in [3.63, 3.8) is 0 Å². The number of hydrogen-bond acceptors (Lipinski definition) is 5. The maximum absolute atomic E-state index is 12.4. The normalized spacial score (nSPS) is 10.4. The molecule has 0 spiro atoms. The summed E-state index contributed by atoms with van der Waals surface area (Å²) in [4.78, 5) is 16.4. The van der Waals surface area contributed by atoms with Gasteiger partial charge in [-0.3, -0.25) is 9.78 Å². The molecule has 0 aliphatic carbocycles. The second-order valence-corrected chi connectivity index (χ2v) is 4.17. The van der Waals surface area contributed by atoms with Gasteiger partial charge in [0.25, 0.3) is 0 Å². The van der Waals surface area contributed by atoms with Gasteiger partial charge in [0.1, 0.15) is 11.4 Å². The second kappa shape index (κ2) is 4.93. The van der Waals surface area contributed by atoms with Crippen molar-refractivity contribution in [2.24, 2.45) is 0 Å². The van der Waals surface area contributed by atoms with Gasteiger partial charge in [0.05, 0.1) is 23.8 Å². The van der Waals surface area contributed by atoms with Crippen LogP contribution in [0, 0.1) is 0 Å². The molecule has 6 nitrogen and oxygen atoms in total. The third-order valence-corrected chi connectivity index (χ3v) is 2.80. The zero-order chi connectivity index (χ0) is 13.9. The lowest BCUT2D eigenvalue weighted by atomic mass is 10.2. The molecule has 2 N–H and O–H groups in total. The summed E-state index contributed by atoms with van der Waals surface area (Å²) >= 11 is 0. The van der Waals surface area contributed by atoms with Gasteiger partial charge in [-0.25, -0.2) is 4.68 Å². The van der Waals surface area contributed by atoms with Crippen molar-refractivity contribution in [1.29, 1.82) is 0 Å². The molecule has 2 heterocycles. The lowest BCUT2D eigenvalue weighted by Crippen LogP contribution is -2.11. The molecular formula is C14H11N5O. The summed E-state index contributed by atoms with van der Waals surface area (Å²) in [6.45, 7) is 0. The van der Waals surface area contributed by atoms with Crippen molar-refractivity contribution < 1.29 is 4.79 Å². The SMILES string of the molecule is Nc1ccc(C(=O)c2cnnn2-c2ccccc2)nc1. The standard InChI is InChI=1S/C14H11N5O/c15-10-6-7-12(16-8-10)14(20)13-9-17-18-19(13)11-4-2-1-3-5-11/h1-9H,15H2. The Hall–Kier alpha value is -3.02. The van der Waals surface area contributed by atoms with Crippen LogP contribution in [0.4, 0.5) is 5.69 Å². The molecule has 1 aromatic carbocycles. The minimum Gasteiger partial charge on any atom is -0.397 e. The lowest BCUT2D eigenvalue weighted by Gasteiger charge is -2.04. The third kappa shape index (κ3) is 2.14. The van der Waals surface area contributed by atoms with E-state index in [2.05, 4.69) is 15.3 Å². The van der Waals surface area contributed by atoms with Crippen molar-refractivity contribution in [2.45, 2.75) is 0 Å². The summed E-state index contributed by atoms with van der Waals surface area (Å²) in [5, 5.41) is 7.75. The van der Waals surface area contributed by atoms with E-state index in [9.17, 15) is 4.79 Å². The third-order valence-electron chi connectivity index (χ3n) is 2.80. The molecule has 98 valence electrons. The Morgan fingerprint density at radius 2 is 1.85 bits per heavy atom. The van der Waals surface area contributed by atoms with Crippen molar-refractivity contribution in [3.8, 4) is 5.69 Å². The van der Waals surface area contributed by atoms with E-state index < -0.39 is 0 Å². The number of nitrogen functional groups attached to an aromatic ring is 1. The highest BCUT2D eigenvalue weighted by Gasteiger charge is 2.17. The fourth-order valence-electron chi connectivity index (χ4n) is 1.82. The number of ketones is 1. The van der Waals surface area contributed by atoms with Crippen molar-refractivity contribution in [1.82, 2.24) is 20.0 Å². The fraction of sp³-hybridized carbons (Fsp3) is 0. The number of hydrogen-bond donors (Lipinski definition) is 1. The quantitative estimate of drug-likeness (QED) is 0.725. The summed E-state index contributed by atoms with van der Waals surface area (Å²) in [6.07, 6.45) is 2.87. The summed E-state index contributed by atoms with van der Waals surface area (Å²) < 4.78 is 1.49.